The van der Waals surface area contributed by atoms with Gasteiger partial charge in [0.15, 0.2) is 0 Å². The van der Waals surface area contributed by atoms with Gasteiger partial charge in [0.2, 0.25) is 0 Å². The Morgan fingerprint density at radius 2 is 1.90 bits per heavy atom. The summed E-state index contributed by atoms with van der Waals surface area (Å²) in [5, 5.41) is 3.65. The predicted molar refractivity (Wildman–Crippen MR) is 84.2 cm³/mol. The van der Waals surface area contributed by atoms with E-state index in [-0.39, 0.29) is 0 Å². The largest absolute Gasteiger partial charge is 0.374 e. The van der Waals surface area contributed by atoms with Crippen LogP contribution >= 0.6 is 0 Å². The fourth-order valence-corrected chi connectivity index (χ4v) is 3.29. The van der Waals surface area contributed by atoms with Crippen LogP contribution in [0.1, 0.15) is 33.6 Å². The molecule has 2 fully saturated rings. The van der Waals surface area contributed by atoms with E-state index in [2.05, 4.69) is 35.9 Å². The molecule has 0 aromatic carbocycles. The van der Waals surface area contributed by atoms with Gasteiger partial charge < -0.3 is 15.0 Å². The number of hydrogen-bond donors (Lipinski definition) is 1. The standard InChI is InChI=1S/C16H33N3O/c1-4-18-7-5-15(6-8-18)11-17-12-16-13-19(14(2)3)9-10-20-16/h14-17H,4-13H2,1-3H3. The van der Waals surface area contributed by atoms with Crippen molar-refractivity contribution in [2.75, 3.05) is 52.4 Å². The second-order valence-electron chi connectivity index (χ2n) is 6.62. The molecule has 0 aromatic rings. The van der Waals surface area contributed by atoms with Crippen molar-refractivity contribution in [3.63, 3.8) is 0 Å². The van der Waals surface area contributed by atoms with Crippen LogP contribution in [0, 0.1) is 5.92 Å². The number of morpholine rings is 1. The maximum Gasteiger partial charge on any atom is 0.0826 e. The highest BCUT2D eigenvalue weighted by Gasteiger charge is 2.23. The van der Waals surface area contributed by atoms with Crippen LogP contribution in [0.4, 0.5) is 0 Å². The van der Waals surface area contributed by atoms with Crippen LogP contribution in [0.5, 0.6) is 0 Å². The van der Waals surface area contributed by atoms with Crippen LogP contribution in [0.15, 0.2) is 0 Å². The summed E-state index contributed by atoms with van der Waals surface area (Å²) >= 11 is 0. The normalized spacial score (nSPS) is 27.3. The van der Waals surface area contributed by atoms with Gasteiger partial charge in [-0.05, 0) is 58.8 Å². The molecule has 0 radical (unpaired) electrons. The number of piperidine rings is 1. The van der Waals surface area contributed by atoms with E-state index in [0.29, 0.717) is 12.1 Å². The summed E-state index contributed by atoms with van der Waals surface area (Å²) in [5.41, 5.74) is 0. The van der Waals surface area contributed by atoms with Gasteiger partial charge in [-0.15, -0.1) is 0 Å². The molecule has 0 saturated carbocycles. The zero-order valence-corrected chi connectivity index (χ0v) is 13.6. The predicted octanol–water partition coefficient (Wildman–Crippen LogP) is 1.42. The highest BCUT2D eigenvalue weighted by molar-refractivity contribution is 4.77. The molecule has 1 atom stereocenters. The van der Waals surface area contributed by atoms with Crippen molar-refractivity contribution in [1.29, 1.82) is 0 Å². The van der Waals surface area contributed by atoms with E-state index in [1.807, 2.05) is 0 Å². The maximum absolute atomic E-state index is 5.87. The second-order valence-corrected chi connectivity index (χ2v) is 6.62. The number of rotatable bonds is 6. The highest BCUT2D eigenvalue weighted by Crippen LogP contribution is 2.16. The van der Waals surface area contributed by atoms with E-state index in [4.69, 9.17) is 4.74 Å². The molecule has 1 unspecified atom stereocenters. The summed E-state index contributed by atoms with van der Waals surface area (Å²) in [5.74, 6) is 0.864. The molecule has 2 aliphatic heterocycles. The minimum Gasteiger partial charge on any atom is -0.374 e. The summed E-state index contributed by atoms with van der Waals surface area (Å²) in [6.07, 6.45) is 3.08. The first-order valence-electron chi connectivity index (χ1n) is 8.47. The Bertz CT molecular complexity index is 264. The Kier molecular flexibility index (Phi) is 6.75. The Morgan fingerprint density at radius 1 is 1.15 bits per heavy atom. The van der Waals surface area contributed by atoms with Crippen molar-refractivity contribution >= 4 is 0 Å². The van der Waals surface area contributed by atoms with Crippen molar-refractivity contribution < 1.29 is 4.74 Å². The van der Waals surface area contributed by atoms with Gasteiger partial charge in [-0.3, -0.25) is 4.90 Å². The summed E-state index contributed by atoms with van der Waals surface area (Å²) in [4.78, 5) is 5.08. The van der Waals surface area contributed by atoms with Gasteiger partial charge in [-0.1, -0.05) is 6.92 Å². The molecule has 0 aliphatic carbocycles. The van der Waals surface area contributed by atoms with Crippen molar-refractivity contribution in [2.45, 2.75) is 45.8 Å². The molecule has 1 N–H and O–H groups in total. The van der Waals surface area contributed by atoms with Crippen molar-refractivity contribution in [3.8, 4) is 0 Å². The summed E-state index contributed by atoms with van der Waals surface area (Å²) < 4.78 is 5.87. The third-order valence-corrected chi connectivity index (χ3v) is 4.86. The van der Waals surface area contributed by atoms with E-state index in [1.54, 1.807) is 0 Å². The highest BCUT2D eigenvalue weighted by atomic mass is 16.5. The molecule has 4 nitrogen and oxygen atoms in total. The molecule has 0 bridgehead atoms. The Hall–Kier alpha value is -0.160. The van der Waals surface area contributed by atoms with Crippen LogP contribution < -0.4 is 5.32 Å². The van der Waals surface area contributed by atoms with Gasteiger partial charge in [-0.2, -0.15) is 0 Å². The van der Waals surface area contributed by atoms with E-state index >= 15 is 0 Å². The first kappa shape index (κ1) is 16.2. The minimum atomic E-state index is 0.377. The van der Waals surface area contributed by atoms with E-state index < -0.39 is 0 Å². The fourth-order valence-electron chi connectivity index (χ4n) is 3.29. The second kappa shape index (κ2) is 8.32. The minimum absolute atomic E-state index is 0.377. The molecule has 2 heterocycles. The van der Waals surface area contributed by atoms with Gasteiger partial charge in [0.25, 0.3) is 0 Å². The van der Waals surface area contributed by atoms with E-state index in [0.717, 1.165) is 32.2 Å². The lowest BCUT2D eigenvalue weighted by Gasteiger charge is -2.36. The molecule has 0 spiro atoms. The molecule has 20 heavy (non-hydrogen) atoms. The topological polar surface area (TPSA) is 27.7 Å². The van der Waals surface area contributed by atoms with Gasteiger partial charge in [0.1, 0.15) is 0 Å². The summed E-state index contributed by atoms with van der Waals surface area (Å²) in [6, 6.07) is 0.639. The molecular formula is C16H33N3O. The zero-order valence-electron chi connectivity index (χ0n) is 13.6. The smallest absolute Gasteiger partial charge is 0.0826 e. The molecule has 2 rings (SSSR count). The first-order chi connectivity index (χ1) is 9.69. The van der Waals surface area contributed by atoms with Gasteiger partial charge in [-0.25, -0.2) is 0 Å². The Labute approximate surface area is 124 Å². The van der Waals surface area contributed by atoms with Gasteiger partial charge >= 0.3 is 0 Å². The average Bonchev–Trinajstić information content (AvgIpc) is 2.48. The summed E-state index contributed by atoms with van der Waals surface area (Å²) in [7, 11) is 0. The van der Waals surface area contributed by atoms with Crippen LogP contribution in [-0.4, -0.2) is 74.4 Å². The number of nitrogens with zero attached hydrogens (tertiary/aromatic N) is 2. The van der Waals surface area contributed by atoms with Crippen LogP contribution in [-0.2, 0) is 4.74 Å². The summed E-state index contributed by atoms with van der Waals surface area (Å²) in [6.45, 7) is 15.8. The third-order valence-electron chi connectivity index (χ3n) is 4.86. The molecule has 0 aromatic heterocycles. The van der Waals surface area contributed by atoms with Crippen LogP contribution in [0.25, 0.3) is 0 Å². The lowest BCUT2D eigenvalue weighted by atomic mass is 9.97. The molecule has 2 saturated heterocycles. The van der Waals surface area contributed by atoms with Gasteiger partial charge in [0, 0.05) is 25.7 Å². The SMILES string of the molecule is CCN1CCC(CNCC2CN(C(C)C)CCO2)CC1. The van der Waals surface area contributed by atoms with Gasteiger partial charge in [0.05, 0.1) is 12.7 Å². The lowest BCUT2D eigenvalue weighted by molar-refractivity contribution is -0.0375. The molecule has 2 aliphatic rings. The maximum atomic E-state index is 5.87. The molecular weight excluding hydrogens is 250 g/mol. The Morgan fingerprint density at radius 3 is 2.55 bits per heavy atom. The van der Waals surface area contributed by atoms with Crippen molar-refractivity contribution in [2.24, 2.45) is 5.92 Å². The quantitative estimate of drug-likeness (QED) is 0.798. The van der Waals surface area contributed by atoms with E-state index in [1.165, 1.54) is 39.0 Å². The van der Waals surface area contributed by atoms with E-state index in [9.17, 15) is 0 Å². The first-order valence-corrected chi connectivity index (χ1v) is 8.47. The number of hydrogen-bond acceptors (Lipinski definition) is 4. The van der Waals surface area contributed by atoms with Crippen LogP contribution in [0.3, 0.4) is 0 Å². The van der Waals surface area contributed by atoms with Crippen molar-refractivity contribution in [1.82, 2.24) is 15.1 Å². The molecule has 0 amide bonds. The average molecular weight is 283 g/mol. The van der Waals surface area contributed by atoms with Crippen LogP contribution in [0.2, 0.25) is 0 Å². The fraction of sp³-hybridized carbons (Fsp3) is 1.00. The molecule has 118 valence electrons. The number of ether oxygens (including phenoxy) is 1. The lowest BCUT2D eigenvalue weighted by Crippen LogP contribution is -2.49. The number of likely N-dealkylation sites (tertiary alicyclic amines) is 1. The number of nitrogens with one attached hydrogen (secondary N) is 1. The monoisotopic (exact) mass is 283 g/mol. The Balaban J connectivity index is 1.59. The zero-order chi connectivity index (χ0) is 14.4. The van der Waals surface area contributed by atoms with Crippen molar-refractivity contribution in [3.05, 3.63) is 0 Å². The molecule has 4 heteroatoms. The third kappa shape index (κ3) is 4.99.